The Morgan fingerprint density at radius 2 is 1.88 bits per heavy atom. The number of carbonyl (C=O) groups excluding carboxylic acids is 1. The zero-order chi connectivity index (χ0) is 18.8. The predicted octanol–water partition coefficient (Wildman–Crippen LogP) is 4.31. The lowest BCUT2D eigenvalue weighted by atomic mass is 9.97. The van der Waals surface area contributed by atoms with Gasteiger partial charge < -0.3 is 14.3 Å². The average molecular weight is 352 g/mol. The van der Waals surface area contributed by atoms with Gasteiger partial charge in [-0.1, -0.05) is 19.1 Å². The van der Waals surface area contributed by atoms with Crippen molar-refractivity contribution in [1.82, 2.24) is 0 Å². The molecule has 1 aromatic heterocycles. The number of benzene rings is 2. The number of carbonyl (C=O) groups is 2. The first kappa shape index (κ1) is 17.7. The Morgan fingerprint density at radius 1 is 1.12 bits per heavy atom. The van der Waals surface area contributed by atoms with E-state index < -0.39 is 12.6 Å². The molecule has 2 aromatic carbocycles. The molecule has 0 aliphatic carbocycles. The molecule has 0 unspecified atom stereocenters. The molecule has 0 radical (unpaired) electrons. The summed E-state index contributed by atoms with van der Waals surface area (Å²) in [4.78, 5) is 23.8. The second-order valence-corrected chi connectivity index (χ2v) is 6.25. The third-order valence-electron chi connectivity index (χ3n) is 4.25. The molecule has 3 aromatic rings. The summed E-state index contributed by atoms with van der Waals surface area (Å²) in [6, 6.07) is 10.8. The van der Waals surface area contributed by atoms with Crippen molar-refractivity contribution < 1.29 is 23.8 Å². The Kier molecular flexibility index (Phi) is 4.80. The van der Waals surface area contributed by atoms with Gasteiger partial charge in [0.15, 0.2) is 12.4 Å². The summed E-state index contributed by atoms with van der Waals surface area (Å²) in [7, 11) is 0. The summed E-state index contributed by atoms with van der Waals surface area (Å²) in [5.74, 6) is -0.0403. The molecule has 0 atom stereocenters. The molecule has 0 fully saturated rings. The predicted molar refractivity (Wildman–Crippen MR) is 98.1 cm³/mol. The maximum absolute atomic E-state index is 13.1. The van der Waals surface area contributed by atoms with Crippen LogP contribution in [0.3, 0.4) is 0 Å². The van der Waals surface area contributed by atoms with E-state index >= 15 is 0 Å². The van der Waals surface area contributed by atoms with Crippen LogP contribution in [-0.4, -0.2) is 23.5 Å². The lowest BCUT2D eigenvalue weighted by Crippen LogP contribution is -2.10. The third-order valence-corrected chi connectivity index (χ3v) is 4.25. The Bertz CT molecular complexity index is 997. The fraction of sp³-hybridized carbons (Fsp3) is 0.238. The topological polar surface area (TPSA) is 76.7 Å². The van der Waals surface area contributed by atoms with Crippen molar-refractivity contribution in [3.63, 3.8) is 0 Å². The highest BCUT2D eigenvalue weighted by Gasteiger charge is 2.21. The molecule has 0 aliphatic rings. The number of ketones is 1. The minimum atomic E-state index is -1.04. The summed E-state index contributed by atoms with van der Waals surface area (Å²) in [6.45, 7) is 5.30. The van der Waals surface area contributed by atoms with Gasteiger partial charge in [-0.3, -0.25) is 4.79 Å². The minimum absolute atomic E-state index is 0.114. The van der Waals surface area contributed by atoms with E-state index in [2.05, 4.69) is 0 Å². The first-order valence-electron chi connectivity index (χ1n) is 8.42. The van der Waals surface area contributed by atoms with Gasteiger partial charge in [-0.15, -0.1) is 0 Å². The van der Waals surface area contributed by atoms with Crippen LogP contribution >= 0.6 is 0 Å². The highest BCUT2D eigenvalue weighted by molar-refractivity contribution is 6.17. The van der Waals surface area contributed by atoms with E-state index in [9.17, 15) is 9.59 Å². The fourth-order valence-corrected chi connectivity index (χ4v) is 2.99. The van der Waals surface area contributed by atoms with Crippen LogP contribution in [0.1, 0.15) is 39.7 Å². The summed E-state index contributed by atoms with van der Waals surface area (Å²) in [5, 5.41) is 9.53. The van der Waals surface area contributed by atoms with Crippen molar-refractivity contribution in [2.75, 3.05) is 6.61 Å². The molecule has 1 N–H and O–H groups in total. The van der Waals surface area contributed by atoms with E-state index in [1.54, 1.807) is 25.1 Å². The highest BCUT2D eigenvalue weighted by atomic mass is 16.5. The third kappa shape index (κ3) is 3.33. The highest BCUT2D eigenvalue weighted by Crippen LogP contribution is 2.30. The van der Waals surface area contributed by atoms with Gasteiger partial charge in [0, 0.05) is 17.4 Å². The van der Waals surface area contributed by atoms with Crippen LogP contribution in [0.25, 0.3) is 11.0 Å². The Morgan fingerprint density at radius 3 is 2.54 bits per heavy atom. The molecular formula is C21H20O5. The zero-order valence-corrected chi connectivity index (χ0v) is 15.0. The lowest BCUT2D eigenvalue weighted by Gasteiger charge is -2.09. The van der Waals surface area contributed by atoms with Crippen LogP contribution in [0.5, 0.6) is 5.75 Å². The Labute approximate surface area is 151 Å². The van der Waals surface area contributed by atoms with Gasteiger partial charge in [0.05, 0.1) is 5.56 Å². The Balaban J connectivity index is 2.00. The number of furan rings is 1. The zero-order valence-electron chi connectivity index (χ0n) is 15.0. The number of hydrogen-bond donors (Lipinski definition) is 1. The van der Waals surface area contributed by atoms with Crippen molar-refractivity contribution in [1.29, 1.82) is 0 Å². The molecule has 0 spiro atoms. The van der Waals surface area contributed by atoms with Gasteiger partial charge in [0.1, 0.15) is 17.1 Å². The molecule has 0 aliphatic heterocycles. The average Bonchev–Trinajstić information content (AvgIpc) is 2.97. The van der Waals surface area contributed by atoms with Crippen molar-refractivity contribution in [2.24, 2.45) is 0 Å². The van der Waals surface area contributed by atoms with Crippen LogP contribution in [0.2, 0.25) is 0 Å². The number of fused-ring (bicyclic) bond motifs is 1. The maximum Gasteiger partial charge on any atom is 0.341 e. The van der Waals surface area contributed by atoms with E-state index in [1.165, 1.54) is 0 Å². The normalized spacial score (nSPS) is 10.9. The number of carboxylic acid groups (broad SMARTS) is 1. The molecule has 0 saturated heterocycles. The van der Waals surface area contributed by atoms with Gasteiger partial charge in [-0.2, -0.15) is 0 Å². The van der Waals surface area contributed by atoms with E-state index in [4.69, 9.17) is 14.3 Å². The first-order valence-corrected chi connectivity index (χ1v) is 8.42. The number of hydrogen-bond acceptors (Lipinski definition) is 4. The van der Waals surface area contributed by atoms with Crippen molar-refractivity contribution in [3.8, 4) is 5.75 Å². The van der Waals surface area contributed by atoms with Crippen LogP contribution in [0.4, 0.5) is 0 Å². The summed E-state index contributed by atoms with van der Waals surface area (Å²) in [5.41, 5.74) is 3.59. The second-order valence-electron chi connectivity index (χ2n) is 6.25. The molecule has 0 saturated carbocycles. The van der Waals surface area contributed by atoms with E-state index in [0.717, 1.165) is 10.9 Å². The van der Waals surface area contributed by atoms with Gasteiger partial charge in [0.25, 0.3) is 0 Å². The minimum Gasteiger partial charge on any atom is -0.482 e. The van der Waals surface area contributed by atoms with Crippen LogP contribution in [-0.2, 0) is 11.2 Å². The molecule has 5 nitrogen and oxygen atoms in total. The van der Waals surface area contributed by atoms with Crippen molar-refractivity contribution in [3.05, 3.63) is 64.4 Å². The molecule has 3 rings (SSSR count). The summed E-state index contributed by atoms with van der Waals surface area (Å²) >= 11 is 0. The number of aryl methyl sites for hydroxylation is 3. The molecule has 0 bridgehead atoms. The fourth-order valence-electron chi connectivity index (χ4n) is 2.99. The second kappa shape index (κ2) is 7.04. The van der Waals surface area contributed by atoms with Crippen molar-refractivity contribution in [2.45, 2.75) is 27.2 Å². The van der Waals surface area contributed by atoms with Crippen LogP contribution < -0.4 is 4.74 Å². The molecule has 26 heavy (non-hydrogen) atoms. The van der Waals surface area contributed by atoms with Gasteiger partial charge in [-0.05, 0) is 49.2 Å². The van der Waals surface area contributed by atoms with Crippen LogP contribution in [0.15, 0.2) is 40.8 Å². The SMILES string of the molecule is CCc1oc2cc(C)ccc2c1C(=O)c1ccc(OCC(=O)O)c(C)c1. The van der Waals surface area contributed by atoms with Gasteiger partial charge >= 0.3 is 5.97 Å². The van der Waals surface area contributed by atoms with Gasteiger partial charge in [-0.25, -0.2) is 4.79 Å². The number of rotatable bonds is 6. The van der Waals surface area contributed by atoms with Crippen molar-refractivity contribution >= 4 is 22.7 Å². The molecular weight excluding hydrogens is 332 g/mol. The number of aliphatic carboxylic acids is 1. The van der Waals surface area contributed by atoms with E-state index in [1.807, 2.05) is 32.0 Å². The Hall–Kier alpha value is -3.08. The first-order chi connectivity index (χ1) is 12.4. The molecule has 1 heterocycles. The standard InChI is InChI=1S/C21H20O5/c1-4-16-20(15-7-5-12(2)9-18(15)26-16)21(24)14-6-8-17(13(3)10-14)25-11-19(22)23/h5-10H,4,11H2,1-3H3,(H,22,23). The smallest absolute Gasteiger partial charge is 0.341 e. The largest absolute Gasteiger partial charge is 0.482 e. The monoisotopic (exact) mass is 352 g/mol. The lowest BCUT2D eigenvalue weighted by molar-refractivity contribution is -0.139. The number of ether oxygens (including phenoxy) is 1. The molecule has 5 heteroatoms. The number of carboxylic acids is 1. The van der Waals surface area contributed by atoms with E-state index in [-0.39, 0.29) is 5.78 Å². The molecule has 134 valence electrons. The van der Waals surface area contributed by atoms with E-state index in [0.29, 0.717) is 40.2 Å². The summed E-state index contributed by atoms with van der Waals surface area (Å²) in [6.07, 6.45) is 0.619. The summed E-state index contributed by atoms with van der Waals surface area (Å²) < 4.78 is 11.1. The maximum atomic E-state index is 13.1. The quantitative estimate of drug-likeness (QED) is 0.669. The van der Waals surface area contributed by atoms with Crippen LogP contribution in [0, 0.1) is 13.8 Å². The van der Waals surface area contributed by atoms with Gasteiger partial charge in [0.2, 0.25) is 0 Å². The molecule has 0 amide bonds.